The number of benzene rings is 1. The minimum Gasteiger partial charge on any atom is -0.389 e. The number of nitrogens with two attached hydrogens (primary N) is 1. The van der Waals surface area contributed by atoms with Crippen LogP contribution >= 0.6 is 12.2 Å². The van der Waals surface area contributed by atoms with Gasteiger partial charge in [-0.15, -0.1) is 0 Å². The summed E-state index contributed by atoms with van der Waals surface area (Å²) in [5.41, 5.74) is 7.16. The van der Waals surface area contributed by atoms with Crippen LogP contribution in [0.2, 0.25) is 0 Å². The number of anilines is 2. The molecule has 0 aliphatic rings. The lowest BCUT2D eigenvalue weighted by atomic mass is 10.2. The normalized spacial score (nSPS) is 10.4. The van der Waals surface area contributed by atoms with Crippen molar-refractivity contribution in [1.29, 1.82) is 0 Å². The molecule has 1 heterocycles. The van der Waals surface area contributed by atoms with Crippen molar-refractivity contribution in [1.82, 2.24) is 9.78 Å². The number of nitrogens with zero attached hydrogens (tertiary/aromatic N) is 2. The summed E-state index contributed by atoms with van der Waals surface area (Å²) in [4.78, 5) is 0.0513. The second-order valence-corrected chi connectivity index (χ2v) is 4.42. The zero-order valence-electron chi connectivity index (χ0n) is 10.1. The van der Waals surface area contributed by atoms with Crippen LogP contribution in [0.3, 0.4) is 0 Å². The van der Waals surface area contributed by atoms with E-state index in [2.05, 4.69) is 10.4 Å². The molecule has 0 unspecified atom stereocenters. The van der Waals surface area contributed by atoms with Crippen LogP contribution in [0, 0.1) is 12.7 Å². The Morgan fingerprint density at radius 3 is 2.67 bits per heavy atom. The average Bonchev–Trinajstić information content (AvgIpc) is 2.57. The van der Waals surface area contributed by atoms with Gasteiger partial charge in [0, 0.05) is 24.4 Å². The Labute approximate surface area is 110 Å². The molecular weight excluding hydrogens is 251 g/mol. The highest BCUT2D eigenvalue weighted by Gasteiger charge is 2.07. The highest BCUT2D eigenvalue weighted by molar-refractivity contribution is 7.80. The van der Waals surface area contributed by atoms with E-state index < -0.39 is 5.82 Å². The first-order chi connectivity index (χ1) is 8.47. The molecule has 0 saturated heterocycles. The van der Waals surface area contributed by atoms with E-state index in [1.54, 1.807) is 16.8 Å². The minimum atomic E-state index is -0.439. The van der Waals surface area contributed by atoms with E-state index in [-0.39, 0.29) is 10.6 Å². The number of thiocarbonyl (C=S) groups is 1. The van der Waals surface area contributed by atoms with Gasteiger partial charge in [-0.05, 0) is 25.1 Å². The molecule has 4 nitrogen and oxygen atoms in total. The van der Waals surface area contributed by atoms with Crippen molar-refractivity contribution in [3.8, 4) is 0 Å². The Balaban J connectivity index is 2.28. The molecule has 0 aliphatic carbocycles. The first-order valence-electron chi connectivity index (χ1n) is 5.34. The lowest BCUT2D eigenvalue weighted by Crippen LogP contribution is -2.11. The maximum atomic E-state index is 13.7. The lowest BCUT2D eigenvalue weighted by Gasteiger charge is -2.08. The van der Waals surface area contributed by atoms with Crippen LogP contribution in [0.15, 0.2) is 24.3 Å². The van der Waals surface area contributed by atoms with Crippen LogP contribution in [0.1, 0.15) is 11.3 Å². The summed E-state index contributed by atoms with van der Waals surface area (Å²) in [6.07, 6.45) is 0. The maximum absolute atomic E-state index is 13.7. The maximum Gasteiger partial charge on any atom is 0.135 e. The van der Waals surface area contributed by atoms with E-state index in [9.17, 15) is 4.39 Å². The Kier molecular flexibility index (Phi) is 3.29. The molecule has 6 heteroatoms. The van der Waals surface area contributed by atoms with E-state index in [4.69, 9.17) is 18.0 Å². The molecule has 0 saturated carbocycles. The van der Waals surface area contributed by atoms with Crippen molar-refractivity contribution >= 4 is 28.7 Å². The second-order valence-electron chi connectivity index (χ2n) is 3.98. The van der Waals surface area contributed by atoms with Gasteiger partial charge in [-0.2, -0.15) is 5.10 Å². The largest absolute Gasteiger partial charge is 0.389 e. The summed E-state index contributed by atoms with van der Waals surface area (Å²) in [5.74, 6) is 0.348. The van der Waals surface area contributed by atoms with Crippen LogP contribution in [0.25, 0.3) is 0 Å². The van der Waals surface area contributed by atoms with Crippen molar-refractivity contribution in [3.63, 3.8) is 0 Å². The molecular formula is C12H13FN4S. The van der Waals surface area contributed by atoms with Crippen molar-refractivity contribution in [3.05, 3.63) is 41.3 Å². The molecule has 0 amide bonds. The Bertz CT molecular complexity index is 606. The molecule has 3 N–H and O–H groups in total. The Morgan fingerprint density at radius 2 is 2.17 bits per heavy atom. The zero-order valence-corrected chi connectivity index (χ0v) is 10.9. The zero-order chi connectivity index (χ0) is 13.3. The lowest BCUT2D eigenvalue weighted by molar-refractivity contribution is 0.626. The molecule has 1 aromatic carbocycles. The molecule has 18 heavy (non-hydrogen) atoms. The fourth-order valence-electron chi connectivity index (χ4n) is 1.67. The number of nitrogens with one attached hydrogen (secondary N) is 1. The van der Waals surface area contributed by atoms with Gasteiger partial charge in [0.15, 0.2) is 0 Å². The van der Waals surface area contributed by atoms with E-state index in [1.807, 2.05) is 20.0 Å². The molecule has 0 bridgehead atoms. The molecule has 94 valence electrons. The predicted octanol–water partition coefficient (Wildman–Crippen LogP) is 2.25. The number of hydrogen-bond acceptors (Lipinski definition) is 3. The fourth-order valence-corrected chi connectivity index (χ4v) is 1.83. The first-order valence-corrected chi connectivity index (χ1v) is 5.75. The van der Waals surface area contributed by atoms with Crippen LogP contribution in [0.5, 0.6) is 0 Å². The van der Waals surface area contributed by atoms with Gasteiger partial charge in [0.2, 0.25) is 0 Å². The van der Waals surface area contributed by atoms with Gasteiger partial charge < -0.3 is 11.1 Å². The Hall–Kier alpha value is -1.95. The van der Waals surface area contributed by atoms with Crippen molar-refractivity contribution < 1.29 is 4.39 Å². The van der Waals surface area contributed by atoms with Crippen molar-refractivity contribution in [2.24, 2.45) is 12.8 Å². The third-order valence-electron chi connectivity index (χ3n) is 2.51. The van der Waals surface area contributed by atoms with E-state index >= 15 is 0 Å². The predicted molar refractivity (Wildman–Crippen MR) is 73.5 cm³/mol. The molecule has 2 rings (SSSR count). The third kappa shape index (κ3) is 2.48. The second kappa shape index (κ2) is 4.73. The summed E-state index contributed by atoms with van der Waals surface area (Å²) in [6.45, 7) is 1.89. The van der Waals surface area contributed by atoms with Gasteiger partial charge in [0.05, 0.1) is 5.69 Å². The topological polar surface area (TPSA) is 55.9 Å². The fraction of sp³-hybridized carbons (Fsp3) is 0.167. The molecule has 0 aliphatic heterocycles. The number of halogens is 1. The standard InChI is InChI=1S/C12H13FN4S/c1-7-5-11(17(2)16-7)15-8-3-4-9(12(14)18)10(13)6-8/h3-6,15H,1-2H3,(H2,14,18). The average molecular weight is 264 g/mol. The smallest absolute Gasteiger partial charge is 0.135 e. The number of aryl methyl sites for hydroxylation is 2. The van der Waals surface area contributed by atoms with Crippen LogP contribution in [-0.4, -0.2) is 14.8 Å². The molecule has 2 aromatic rings. The summed E-state index contributed by atoms with van der Waals surface area (Å²) in [7, 11) is 1.81. The van der Waals surface area contributed by atoms with E-state index in [0.717, 1.165) is 11.5 Å². The number of rotatable bonds is 3. The number of aromatic nitrogens is 2. The summed E-state index contributed by atoms with van der Waals surface area (Å²) < 4.78 is 15.4. The highest BCUT2D eigenvalue weighted by Crippen LogP contribution is 2.19. The van der Waals surface area contributed by atoms with Crippen molar-refractivity contribution in [2.75, 3.05) is 5.32 Å². The summed E-state index contributed by atoms with van der Waals surface area (Å²) >= 11 is 4.75. The molecule has 0 fully saturated rings. The van der Waals surface area contributed by atoms with Crippen LogP contribution in [0.4, 0.5) is 15.9 Å². The quantitative estimate of drug-likeness (QED) is 0.835. The summed E-state index contributed by atoms with van der Waals surface area (Å²) in [6, 6.07) is 6.51. The van der Waals surface area contributed by atoms with Gasteiger partial charge in [-0.3, -0.25) is 4.68 Å². The van der Waals surface area contributed by atoms with Gasteiger partial charge in [-0.1, -0.05) is 12.2 Å². The van der Waals surface area contributed by atoms with Gasteiger partial charge in [0.1, 0.15) is 16.6 Å². The van der Waals surface area contributed by atoms with E-state index in [1.165, 1.54) is 6.07 Å². The monoisotopic (exact) mass is 264 g/mol. The summed E-state index contributed by atoms with van der Waals surface area (Å²) in [5, 5.41) is 7.27. The van der Waals surface area contributed by atoms with Gasteiger partial charge >= 0.3 is 0 Å². The first kappa shape index (κ1) is 12.5. The highest BCUT2D eigenvalue weighted by atomic mass is 32.1. The minimum absolute atomic E-state index is 0.0513. The van der Waals surface area contributed by atoms with Gasteiger partial charge in [-0.25, -0.2) is 4.39 Å². The molecule has 0 radical (unpaired) electrons. The number of hydrogen-bond donors (Lipinski definition) is 2. The Morgan fingerprint density at radius 1 is 1.44 bits per heavy atom. The van der Waals surface area contributed by atoms with Crippen molar-refractivity contribution in [2.45, 2.75) is 6.92 Å². The molecule has 0 spiro atoms. The SMILES string of the molecule is Cc1cc(Nc2ccc(C(N)=S)c(F)c2)n(C)n1. The van der Waals surface area contributed by atoms with Crippen LogP contribution in [-0.2, 0) is 7.05 Å². The van der Waals surface area contributed by atoms with Crippen LogP contribution < -0.4 is 11.1 Å². The molecule has 0 atom stereocenters. The van der Waals surface area contributed by atoms with Gasteiger partial charge in [0.25, 0.3) is 0 Å². The van der Waals surface area contributed by atoms with E-state index in [0.29, 0.717) is 5.69 Å². The third-order valence-corrected chi connectivity index (χ3v) is 2.73. The molecule has 1 aromatic heterocycles.